The van der Waals surface area contributed by atoms with Gasteiger partial charge in [-0.15, -0.1) is 11.8 Å². The zero-order chi connectivity index (χ0) is 13.5. The Morgan fingerprint density at radius 2 is 2.06 bits per heavy atom. The van der Waals surface area contributed by atoms with Gasteiger partial charge in [0.25, 0.3) is 0 Å². The summed E-state index contributed by atoms with van der Waals surface area (Å²) in [6, 6.07) is 6.84. The highest BCUT2D eigenvalue weighted by molar-refractivity contribution is 7.99. The number of hydrogen-bond acceptors (Lipinski definition) is 3. The fraction of sp³-hybridized carbons (Fsp3) is 0.571. The van der Waals surface area contributed by atoms with Crippen LogP contribution in [-0.2, 0) is 6.54 Å². The maximum absolute atomic E-state index is 6.30. The van der Waals surface area contributed by atoms with Crippen LogP contribution in [0, 0.1) is 0 Å². The van der Waals surface area contributed by atoms with E-state index in [1.807, 2.05) is 11.8 Å². The van der Waals surface area contributed by atoms with Crippen molar-refractivity contribution in [2.75, 3.05) is 26.4 Å². The summed E-state index contributed by atoms with van der Waals surface area (Å²) in [6.07, 6.45) is 0. The molecule has 0 saturated carbocycles. The standard InChI is InChI=1S/C14H23ClN2S/c1-11(2)16-10-12-5-6-14(13(15)9-12)18-8-7-17(3)4/h5-6,9,11,16H,7-8,10H2,1-4H3. The third kappa shape index (κ3) is 6.10. The Bertz CT molecular complexity index is 367. The van der Waals surface area contributed by atoms with Gasteiger partial charge in [-0.1, -0.05) is 31.5 Å². The van der Waals surface area contributed by atoms with Crippen LogP contribution in [0.2, 0.25) is 5.02 Å². The van der Waals surface area contributed by atoms with Crippen molar-refractivity contribution in [3.8, 4) is 0 Å². The van der Waals surface area contributed by atoms with E-state index in [1.54, 1.807) is 0 Å². The number of rotatable bonds is 7. The predicted molar refractivity (Wildman–Crippen MR) is 82.7 cm³/mol. The molecule has 18 heavy (non-hydrogen) atoms. The first-order valence-electron chi connectivity index (χ1n) is 6.28. The molecule has 0 bridgehead atoms. The largest absolute Gasteiger partial charge is 0.310 e. The van der Waals surface area contributed by atoms with Gasteiger partial charge in [0.05, 0.1) is 5.02 Å². The maximum Gasteiger partial charge on any atom is 0.0545 e. The average Bonchev–Trinajstić information content (AvgIpc) is 2.28. The molecule has 1 aromatic carbocycles. The van der Waals surface area contributed by atoms with Gasteiger partial charge in [0.2, 0.25) is 0 Å². The summed E-state index contributed by atoms with van der Waals surface area (Å²) in [7, 11) is 4.17. The van der Waals surface area contributed by atoms with E-state index in [2.05, 4.69) is 56.4 Å². The van der Waals surface area contributed by atoms with Gasteiger partial charge in [-0.3, -0.25) is 0 Å². The molecule has 0 saturated heterocycles. The molecule has 0 spiro atoms. The monoisotopic (exact) mass is 286 g/mol. The Labute approximate surface area is 120 Å². The van der Waals surface area contributed by atoms with Crippen LogP contribution >= 0.6 is 23.4 Å². The van der Waals surface area contributed by atoms with Crippen molar-refractivity contribution in [1.82, 2.24) is 10.2 Å². The number of halogens is 1. The van der Waals surface area contributed by atoms with Crippen LogP contribution in [0.1, 0.15) is 19.4 Å². The van der Waals surface area contributed by atoms with Crippen LogP contribution < -0.4 is 5.32 Å². The molecule has 0 heterocycles. The molecule has 102 valence electrons. The average molecular weight is 287 g/mol. The van der Waals surface area contributed by atoms with Gasteiger partial charge < -0.3 is 10.2 Å². The molecule has 1 rings (SSSR count). The molecule has 2 nitrogen and oxygen atoms in total. The molecule has 4 heteroatoms. The molecule has 0 unspecified atom stereocenters. The molecule has 0 fully saturated rings. The summed E-state index contributed by atoms with van der Waals surface area (Å²) in [5, 5.41) is 4.26. The third-order valence-corrected chi connectivity index (χ3v) is 3.99. The third-order valence-electron chi connectivity index (χ3n) is 2.51. The number of hydrogen-bond donors (Lipinski definition) is 1. The minimum Gasteiger partial charge on any atom is -0.310 e. The fourth-order valence-electron chi connectivity index (χ4n) is 1.43. The van der Waals surface area contributed by atoms with Crippen molar-refractivity contribution < 1.29 is 0 Å². The molecular weight excluding hydrogens is 264 g/mol. The van der Waals surface area contributed by atoms with E-state index >= 15 is 0 Å². The second-order valence-electron chi connectivity index (χ2n) is 4.95. The molecule has 0 aliphatic rings. The number of nitrogens with zero attached hydrogens (tertiary/aromatic N) is 1. The Kier molecular flexibility index (Phi) is 7.08. The van der Waals surface area contributed by atoms with E-state index in [0.29, 0.717) is 6.04 Å². The Balaban J connectivity index is 2.51. The molecule has 0 amide bonds. The zero-order valence-corrected chi connectivity index (χ0v) is 13.2. The van der Waals surface area contributed by atoms with Gasteiger partial charge in [-0.05, 0) is 31.8 Å². The van der Waals surface area contributed by atoms with Crippen LogP contribution in [0.25, 0.3) is 0 Å². The predicted octanol–water partition coefficient (Wildman–Crippen LogP) is 3.49. The first-order valence-corrected chi connectivity index (χ1v) is 7.64. The van der Waals surface area contributed by atoms with Gasteiger partial charge in [0.1, 0.15) is 0 Å². The highest BCUT2D eigenvalue weighted by Gasteiger charge is 2.03. The van der Waals surface area contributed by atoms with Crippen LogP contribution in [0.4, 0.5) is 0 Å². The normalized spacial score (nSPS) is 11.5. The molecule has 0 aromatic heterocycles. The van der Waals surface area contributed by atoms with Crippen molar-refractivity contribution in [2.24, 2.45) is 0 Å². The van der Waals surface area contributed by atoms with E-state index in [0.717, 1.165) is 23.9 Å². The highest BCUT2D eigenvalue weighted by atomic mass is 35.5. The first-order chi connectivity index (χ1) is 8.49. The lowest BCUT2D eigenvalue weighted by Gasteiger charge is -2.11. The molecule has 1 N–H and O–H groups in total. The Morgan fingerprint density at radius 1 is 1.33 bits per heavy atom. The molecule has 0 aliphatic heterocycles. The Hall–Kier alpha value is -0.220. The van der Waals surface area contributed by atoms with Crippen molar-refractivity contribution in [3.63, 3.8) is 0 Å². The van der Waals surface area contributed by atoms with Crippen LogP contribution in [-0.4, -0.2) is 37.3 Å². The summed E-state index contributed by atoms with van der Waals surface area (Å²) in [5.74, 6) is 1.07. The number of benzene rings is 1. The van der Waals surface area contributed by atoms with Crippen molar-refractivity contribution in [1.29, 1.82) is 0 Å². The fourth-order valence-corrected chi connectivity index (χ4v) is 2.84. The van der Waals surface area contributed by atoms with Gasteiger partial charge in [0.15, 0.2) is 0 Å². The van der Waals surface area contributed by atoms with E-state index < -0.39 is 0 Å². The van der Waals surface area contributed by atoms with Gasteiger partial charge in [-0.25, -0.2) is 0 Å². The van der Waals surface area contributed by atoms with Crippen molar-refractivity contribution >= 4 is 23.4 Å². The van der Waals surface area contributed by atoms with E-state index in [4.69, 9.17) is 11.6 Å². The first kappa shape index (κ1) is 15.8. The van der Waals surface area contributed by atoms with E-state index in [1.165, 1.54) is 10.5 Å². The van der Waals surface area contributed by atoms with Gasteiger partial charge in [0, 0.05) is 29.8 Å². The summed E-state index contributed by atoms with van der Waals surface area (Å²) in [5.41, 5.74) is 1.24. The molecule has 1 aromatic rings. The minimum absolute atomic E-state index is 0.498. The summed E-state index contributed by atoms with van der Waals surface area (Å²) >= 11 is 8.11. The quantitative estimate of drug-likeness (QED) is 0.773. The zero-order valence-electron chi connectivity index (χ0n) is 11.7. The smallest absolute Gasteiger partial charge is 0.0545 e. The van der Waals surface area contributed by atoms with E-state index in [9.17, 15) is 0 Å². The van der Waals surface area contributed by atoms with Gasteiger partial charge in [-0.2, -0.15) is 0 Å². The maximum atomic E-state index is 6.30. The van der Waals surface area contributed by atoms with Crippen molar-refractivity contribution in [3.05, 3.63) is 28.8 Å². The molecule has 0 radical (unpaired) electrons. The molecular formula is C14H23ClN2S. The summed E-state index contributed by atoms with van der Waals surface area (Å²) in [6.45, 7) is 6.23. The Morgan fingerprint density at radius 3 is 2.61 bits per heavy atom. The van der Waals surface area contributed by atoms with Crippen LogP contribution in [0.3, 0.4) is 0 Å². The molecule has 0 aliphatic carbocycles. The lowest BCUT2D eigenvalue weighted by molar-refractivity contribution is 0.437. The number of thioether (sulfide) groups is 1. The molecule has 0 atom stereocenters. The van der Waals surface area contributed by atoms with E-state index in [-0.39, 0.29) is 0 Å². The summed E-state index contributed by atoms with van der Waals surface area (Å²) in [4.78, 5) is 3.36. The number of nitrogens with one attached hydrogen (secondary N) is 1. The topological polar surface area (TPSA) is 15.3 Å². The SMILES string of the molecule is CC(C)NCc1ccc(SCCN(C)C)c(Cl)c1. The summed E-state index contributed by atoms with van der Waals surface area (Å²) < 4.78 is 0. The lowest BCUT2D eigenvalue weighted by Crippen LogP contribution is -2.21. The minimum atomic E-state index is 0.498. The van der Waals surface area contributed by atoms with Crippen LogP contribution in [0.15, 0.2) is 23.1 Å². The van der Waals surface area contributed by atoms with Gasteiger partial charge >= 0.3 is 0 Å². The van der Waals surface area contributed by atoms with Crippen molar-refractivity contribution in [2.45, 2.75) is 31.3 Å². The van der Waals surface area contributed by atoms with Crippen LogP contribution in [0.5, 0.6) is 0 Å². The second-order valence-corrected chi connectivity index (χ2v) is 6.50. The second kappa shape index (κ2) is 8.05. The lowest BCUT2D eigenvalue weighted by atomic mass is 10.2. The highest BCUT2D eigenvalue weighted by Crippen LogP contribution is 2.27.